The van der Waals surface area contributed by atoms with E-state index >= 15 is 0 Å². The minimum atomic E-state index is -0.147. The summed E-state index contributed by atoms with van der Waals surface area (Å²) in [5, 5.41) is 9.78. The second kappa shape index (κ2) is 8.22. The first-order chi connectivity index (χ1) is 14.6. The van der Waals surface area contributed by atoms with Crippen molar-refractivity contribution < 1.29 is 9.53 Å². The number of fused-ring (bicyclic) bond motifs is 2. The number of carbonyl (C=O) groups is 1. The van der Waals surface area contributed by atoms with Crippen LogP contribution < -0.4 is 4.90 Å². The number of thiazole rings is 1. The average Bonchev–Trinajstić information content (AvgIpc) is 3.47. The number of nitrogens with zero attached hydrogens (tertiary/aromatic N) is 6. The Bertz CT molecular complexity index is 1090. The van der Waals surface area contributed by atoms with Gasteiger partial charge in [-0.05, 0) is 31.0 Å². The molecule has 3 aromatic rings. The highest BCUT2D eigenvalue weighted by molar-refractivity contribution is 7.22. The molecule has 1 saturated heterocycles. The number of anilines is 1. The van der Waals surface area contributed by atoms with Crippen molar-refractivity contribution in [2.75, 3.05) is 44.3 Å². The highest BCUT2D eigenvalue weighted by Gasteiger charge is 2.29. The van der Waals surface area contributed by atoms with Crippen molar-refractivity contribution in [1.29, 1.82) is 0 Å². The molecule has 1 aromatic carbocycles. The fraction of sp³-hybridized carbons (Fsp3) is 0.500. The highest BCUT2D eigenvalue weighted by Crippen LogP contribution is 2.34. The number of halogens is 1. The summed E-state index contributed by atoms with van der Waals surface area (Å²) in [6.07, 6.45) is 1.87. The molecule has 0 radical (unpaired) electrons. The number of carbonyl (C=O) groups excluding carboxylic acids is 1. The van der Waals surface area contributed by atoms with E-state index in [1.54, 1.807) is 4.90 Å². The molecule has 5 rings (SSSR count). The number of benzene rings is 1. The zero-order chi connectivity index (χ0) is 20.7. The van der Waals surface area contributed by atoms with Crippen molar-refractivity contribution in [2.45, 2.75) is 26.3 Å². The van der Waals surface area contributed by atoms with Crippen LogP contribution in [0.15, 0.2) is 12.1 Å². The van der Waals surface area contributed by atoms with Gasteiger partial charge in [-0.1, -0.05) is 22.9 Å². The zero-order valence-corrected chi connectivity index (χ0v) is 18.4. The van der Waals surface area contributed by atoms with E-state index in [0.29, 0.717) is 22.5 Å². The average molecular weight is 447 g/mol. The number of rotatable bonds is 5. The third kappa shape index (κ3) is 3.60. The van der Waals surface area contributed by atoms with E-state index < -0.39 is 0 Å². The maximum Gasteiger partial charge on any atom is 0.298 e. The van der Waals surface area contributed by atoms with E-state index in [4.69, 9.17) is 21.3 Å². The highest BCUT2D eigenvalue weighted by atomic mass is 35.5. The van der Waals surface area contributed by atoms with E-state index in [0.717, 1.165) is 73.8 Å². The van der Waals surface area contributed by atoms with Gasteiger partial charge in [0.2, 0.25) is 5.82 Å². The Morgan fingerprint density at radius 3 is 2.93 bits per heavy atom. The molecule has 0 aliphatic carbocycles. The molecule has 10 heteroatoms. The third-order valence-corrected chi connectivity index (χ3v) is 7.21. The number of aryl methyl sites for hydroxylation is 2. The molecule has 30 heavy (non-hydrogen) atoms. The van der Waals surface area contributed by atoms with E-state index in [9.17, 15) is 4.79 Å². The lowest BCUT2D eigenvalue weighted by molar-refractivity contribution is 0.0390. The molecular weight excluding hydrogens is 424 g/mol. The molecule has 0 N–H and O–H groups in total. The van der Waals surface area contributed by atoms with Gasteiger partial charge in [-0.2, -0.15) is 0 Å². The summed E-state index contributed by atoms with van der Waals surface area (Å²) in [7, 11) is 0. The Kier molecular flexibility index (Phi) is 5.44. The normalized spacial score (nSPS) is 16.9. The molecule has 2 aromatic heterocycles. The van der Waals surface area contributed by atoms with Crippen LogP contribution in [0.2, 0.25) is 5.02 Å². The summed E-state index contributed by atoms with van der Waals surface area (Å²) in [5.41, 5.74) is 1.78. The van der Waals surface area contributed by atoms with Gasteiger partial charge in [-0.3, -0.25) is 14.6 Å². The summed E-state index contributed by atoms with van der Waals surface area (Å²) >= 11 is 7.80. The van der Waals surface area contributed by atoms with Gasteiger partial charge in [0.1, 0.15) is 5.82 Å². The summed E-state index contributed by atoms with van der Waals surface area (Å²) in [6, 6.07) is 3.84. The van der Waals surface area contributed by atoms with Crippen molar-refractivity contribution in [3.8, 4) is 0 Å². The first-order valence-electron chi connectivity index (χ1n) is 10.2. The summed E-state index contributed by atoms with van der Waals surface area (Å²) in [6.45, 7) is 7.23. The minimum absolute atomic E-state index is 0.147. The van der Waals surface area contributed by atoms with Crippen LogP contribution in [0.25, 0.3) is 10.2 Å². The SMILES string of the molecule is Cc1c(Cl)ccc2sc(N(CCN3CCOCC3)C(=O)c3nnc4n3CCC4)nc12. The lowest BCUT2D eigenvalue weighted by atomic mass is 10.2. The molecule has 158 valence electrons. The number of hydrogen-bond donors (Lipinski definition) is 0. The first kappa shape index (κ1) is 19.9. The van der Waals surface area contributed by atoms with Crippen LogP contribution in [0.3, 0.4) is 0 Å². The second-order valence-electron chi connectivity index (χ2n) is 7.62. The van der Waals surface area contributed by atoms with Crippen LogP contribution in [-0.2, 0) is 17.7 Å². The fourth-order valence-corrected chi connectivity index (χ4v) is 5.19. The molecule has 0 saturated carbocycles. The molecule has 2 aliphatic heterocycles. The molecule has 0 atom stereocenters. The van der Waals surface area contributed by atoms with E-state index in [-0.39, 0.29) is 5.91 Å². The van der Waals surface area contributed by atoms with Gasteiger partial charge < -0.3 is 9.30 Å². The van der Waals surface area contributed by atoms with Crippen molar-refractivity contribution >= 4 is 44.2 Å². The van der Waals surface area contributed by atoms with Crippen molar-refractivity contribution in [2.24, 2.45) is 0 Å². The van der Waals surface area contributed by atoms with Gasteiger partial charge in [0.05, 0.1) is 23.4 Å². The van der Waals surface area contributed by atoms with Gasteiger partial charge >= 0.3 is 0 Å². The predicted molar refractivity (Wildman–Crippen MR) is 117 cm³/mol. The Labute approximate surface area is 183 Å². The van der Waals surface area contributed by atoms with Crippen LogP contribution in [0.4, 0.5) is 5.13 Å². The molecule has 8 nitrogen and oxygen atoms in total. The van der Waals surface area contributed by atoms with Gasteiger partial charge in [-0.15, -0.1) is 10.2 Å². The Morgan fingerprint density at radius 1 is 1.27 bits per heavy atom. The smallest absolute Gasteiger partial charge is 0.298 e. The van der Waals surface area contributed by atoms with E-state index in [1.165, 1.54) is 11.3 Å². The van der Waals surface area contributed by atoms with Crippen LogP contribution in [-0.4, -0.2) is 69.9 Å². The van der Waals surface area contributed by atoms with Gasteiger partial charge in [0, 0.05) is 44.2 Å². The lowest BCUT2D eigenvalue weighted by Crippen LogP contribution is -2.43. The number of ether oxygens (including phenoxy) is 1. The molecule has 0 bridgehead atoms. The quantitative estimate of drug-likeness (QED) is 0.599. The monoisotopic (exact) mass is 446 g/mol. The molecule has 0 spiro atoms. The van der Waals surface area contributed by atoms with Gasteiger partial charge in [0.15, 0.2) is 5.13 Å². The number of amides is 1. The lowest BCUT2D eigenvalue weighted by Gasteiger charge is -2.29. The van der Waals surface area contributed by atoms with E-state index in [1.807, 2.05) is 23.6 Å². The van der Waals surface area contributed by atoms with E-state index in [2.05, 4.69) is 15.1 Å². The minimum Gasteiger partial charge on any atom is -0.379 e. The first-order valence-corrected chi connectivity index (χ1v) is 11.4. The van der Waals surface area contributed by atoms with Crippen LogP contribution in [0, 0.1) is 6.92 Å². The largest absolute Gasteiger partial charge is 0.379 e. The Morgan fingerprint density at radius 2 is 2.10 bits per heavy atom. The maximum absolute atomic E-state index is 13.6. The fourth-order valence-electron chi connectivity index (χ4n) is 3.98. The Hall–Kier alpha value is -2.07. The number of aromatic nitrogens is 4. The maximum atomic E-state index is 13.6. The Balaban J connectivity index is 1.48. The van der Waals surface area contributed by atoms with Gasteiger partial charge in [-0.25, -0.2) is 4.98 Å². The van der Waals surface area contributed by atoms with Crippen molar-refractivity contribution in [3.05, 3.63) is 34.4 Å². The van der Waals surface area contributed by atoms with Crippen LogP contribution in [0.1, 0.15) is 28.4 Å². The zero-order valence-electron chi connectivity index (χ0n) is 16.8. The summed E-state index contributed by atoms with van der Waals surface area (Å²) in [4.78, 5) is 22.4. The molecule has 1 amide bonds. The summed E-state index contributed by atoms with van der Waals surface area (Å²) < 4.78 is 8.41. The van der Waals surface area contributed by atoms with Crippen molar-refractivity contribution in [3.63, 3.8) is 0 Å². The number of morpholine rings is 1. The van der Waals surface area contributed by atoms with Crippen molar-refractivity contribution in [1.82, 2.24) is 24.6 Å². The standard InChI is InChI=1S/C20H23ClN6O2S/c1-13-14(21)4-5-15-17(13)22-20(30-15)27(8-7-25-9-11-29-12-10-25)19(28)18-24-23-16-3-2-6-26(16)18/h4-5H,2-3,6-12H2,1H3. The van der Waals surface area contributed by atoms with Gasteiger partial charge in [0.25, 0.3) is 5.91 Å². The predicted octanol–water partition coefficient (Wildman–Crippen LogP) is 2.77. The molecule has 1 fully saturated rings. The third-order valence-electron chi connectivity index (χ3n) is 5.76. The van der Waals surface area contributed by atoms with Crippen LogP contribution >= 0.6 is 22.9 Å². The molecule has 0 unspecified atom stereocenters. The van der Waals surface area contributed by atoms with Crippen LogP contribution in [0.5, 0.6) is 0 Å². The topological polar surface area (TPSA) is 76.4 Å². The summed E-state index contributed by atoms with van der Waals surface area (Å²) in [5.74, 6) is 1.14. The molecule has 4 heterocycles. The second-order valence-corrected chi connectivity index (χ2v) is 9.04. The molecular formula is C20H23ClN6O2S. The molecule has 2 aliphatic rings. The number of hydrogen-bond acceptors (Lipinski definition) is 7.